The summed E-state index contributed by atoms with van der Waals surface area (Å²) in [5.74, 6) is 1.01. The molecular formula is C15H24N2O. The second-order valence-electron chi connectivity index (χ2n) is 4.95. The SMILES string of the molecule is CNC(C)c1ccccc1OCCN1CCCC1. The lowest BCUT2D eigenvalue weighted by Crippen LogP contribution is -2.25. The van der Waals surface area contributed by atoms with E-state index in [2.05, 4.69) is 35.3 Å². The van der Waals surface area contributed by atoms with Gasteiger partial charge in [0.15, 0.2) is 0 Å². The summed E-state index contributed by atoms with van der Waals surface area (Å²) in [7, 11) is 1.98. The minimum absolute atomic E-state index is 0.327. The summed E-state index contributed by atoms with van der Waals surface area (Å²) in [6, 6.07) is 8.63. The highest BCUT2D eigenvalue weighted by molar-refractivity contribution is 5.35. The van der Waals surface area contributed by atoms with Crippen molar-refractivity contribution in [1.82, 2.24) is 10.2 Å². The van der Waals surface area contributed by atoms with E-state index in [9.17, 15) is 0 Å². The summed E-state index contributed by atoms with van der Waals surface area (Å²) >= 11 is 0. The summed E-state index contributed by atoms with van der Waals surface area (Å²) in [4.78, 5) is 2.48. The van der Waals surface area contributed by atoms with Gasteiger partial charge < -0.3 is 10.1 Å². The molecule has 1 N–H and O–H groups in total. The van der Waals surface area contributed by atoms with Crippen LogP contribution >= 0.6 is 0 Å². The minimum atomic E-state index is 0.327. The van der Waals surface area contributed by atoms with Gasteiger partial charge in [-0.25, -0.2) is 0 Å². The van der Waals surface area contributed by atoms with Crippen LogP contribution in [0.25, 0.3) is 0 Å². The van der Waals surface area contributed by atoms with E-state index in [-0.39, 0.29) is 0 Å². The Hall–Kier alpha value is -1.06. The van der Waals surface area contributed by atoms with Crippen molar-refractivity contribution in [3.8, 4) is 5.75 Å². The first-order valence-electron chi connectivity index (χ1n) is 6.92. The fourth-order valence-electron chi connectivity index (χ4n) is 2.42. The van der Waals surface area contributed by atoms with Gasteiger partial charge in [0, 0.05) is 18.2 Å². The molecule has 0 aromatic heterocycles. The number of likely N-dealkylation sites (tertiary alicyclic amines) is 1. The van der Waals surface area contributed by atoms with Gasteiger partial charge in [-0.2, -0.15) is 0 Å². The summed E-state index contributed by atoms with van der Waals surface area (Å²) in [6.07, 6.45) is 2.68. The molecule has 1 aliphatic rings. The fraction of sp³-hybridized carbons (Fsp3) is 0.600. The lowest BCUT2D eigenvalue weighted by Gasteiger charge is -2.18. The summed E-state index contributed by atoms with van der Waals surface area (Å²) in [5, 5.41) is 3.26. The molecule has 0 spiro atoms. The molecule has 0 saturated carbocycles. The Morgan fingerprint density at radius 2 is 2.00 bits per heavy atom. The number of para-hydroxylation sites is 1. The molecule has 1 atom stereocenters. The van der Waals surface area contributed by atoms with Gasteiger partial charge in [-0.3, -0.25) is 4.90 Å². The second-order valence-corrected chi connectivity index (χ2v) is 4.95. The third-order valence-corrected chi connectivity index (χ3v) is 3.68. The maximum atomic E-state index is 5.94. The summed E-state index contributed by atoms with van der Waals surface area (Å²) < 4.78 is 5.94. The summed E-state index contributed by atoms with van der Waals surface area (Å²) in [6.45, 7) is 6.45. The van der Waals surface area contributed by atoms with Crippen molar-refractivity contribution in [3.63, 3.8) is 0 Å². The first-order chi connectivity index (χ1) is 8.81. The molecule has 0 bridgehead atoms. The molecule has 3 heteroatoms. The van der Waals surface area contributed by atoms with E-state index < -0.39 is 0 Å². The highest BCUT2D eigenvalue weighted by Gasteiger charge is 2.12. The van der Waals surface area contributed by atoms with Crippen LogP contribution in [0.4, 0.5) is 0 Å². The zero-order valence-electron chi connectivity index (χ0n) is 11.5. The van der Waals surface area contributed by atoms with Gasteiger partial charge >= 0.3 is 0 Å². The molecule has 3 nitrogen and oxygen atoms in total. The third kappa shape index (κ3) is 3.47. The molecule has 0 aliphatic carbocycles. The van der Waals surface area contributed by atoms with E-state index in [1.807, 2.05) is 13.1 Å². The minimum Gasteiger partial charge on any atom is -0.492 e. The lowest BCUT2D eigenvalue weighted by molar-refractivity contribution is 0.235. The van der Waals surface area contributed by atoms with E-state index in [1.54, 1.807) is 0 Å². The predicted octanol–water partition coefficient (Wildman–Crippen LogP) is 2.44. The van der Waals surface area contributed by atoms with Crippen molar-refractivity contribution in [3.05, 3.63) is 29.8 Å². The van der Waals surface area contributed by atoms with E-state index in [1.165, 1.54) is 31.5 Å². The highest BCUT2D eigenvalue weighted by Crippen LogP contribution is 2.24. The first-order valence-corrected chi connectivity index (χ1v) is 6.92. The van der Waals surface area contributed by atoms with Crippen LogP contribution in [0.1, 0.15) is 31.4 Å². The maximum absolute atomic E-state index is 5.94. The first kappa shape index (κ1) is 13.4. The zero-order chi connectivity index (χ0) is 12.8. The van der Waals surface area contributed by atoms with Gasteiger partial charge in [0.2, 0.25) is 0 Å². The van der Waals surface area contributed by atoms with Crippen LogP contribution in [0, 0.1) is 0 Å². The molecule has 1 unspecified atom stereocenters. The molecule has 1 heterocycles. The standard InChI is InChI=1S/C15H24N2O/c1-13(16-2)14-7-3-4-8-15(14)18-12-11-17-9-5-6-10-17/h3-4,7-8,13,16H,5-6,9-12H2,1-2H3. The van der Waals surface area contributed by atoms with Gasteiger partial charge in [0.1, 0.15) is 12.4 Å². The average Bonchev–Trinajstić information content (AvgIpc) is 2.92. The van der Waals surface area contributed by atoms with Crippen molar-refractivity contribution in [2.24, 2.45) is 0 Å². The Labute approximate surface area is 110 Å². The van der Waals surface area contributed by atoms with Crippen LogP contribution in [-0.4, -0.2) is 38.2 Å². The van der Waals surface area contributed by atoms with E-state index >= 15 is 0 Å². The second kappa shape index (κ2) is 6.76. The Bertz CT molecular complexity index is 361. The fourth-order valence-corrected chi connectivity index (χ4v) is 2.42. The Balaban J connectivity index is 1.87. The van der Waals surface area contributed by atoms with E-state index in [0.29, 0.717) is 6.04 Å². The van der Waals surface area contributed by atoms with Gasteiger partial charge in [-0.05, 0) is 46.0 Å². The van der Waals surface area contributed by atoms with Gasteiger partial charge in [-0.15, -0.1) is 0 Å². The van der Waals surface area contributed by atoms with Crippen molar-refractivity contribution in [2.45, 2.75) is 25.8 Å². The number of rotatable bonds is 6. The van der Waals surface area contributed by atoms with Gasteiger partial charge in [-0.1, -0.05) is 18.2 Å². The van der Waals surface area contributed by atoms with Crippen molar-refractivity contribution in [2.75, 3.05) is 33.3 Å². The molecule has 2 rings (SSSR count). The molecule has 1 aromatic carbocycles. The number of ether oxygens (including phenoxy) is 1. The largest absolute Gasteiger partial charge is 0.492 e. The van der Waals surface area contributed by atoms with Crippen molar-refractivity contribution >= 4 is 0 Å². The molecular weight excluding hydrogens is 224 g/mol. The molecule has 1 aliphatic heterocycles. The molecule has 1 fully saturated rings. The van der Waals surface area contributed by atoms with Gasteiger partial charge in [0.25, 0.3) is 0 Å². The van der Waals surface area contributed by atoms with E-state index in [0.717, 1.165) is 18.9 Å². The van der Waals surface area contributed by atoms with Crippen LogP contribution in [0.3, 0.4) is 0 Å². The van der Waals surface area contributed by atoms with Crippen LogP contribution in [0.5, 0.6) is 5.75 Å². The van der Waals surface area contributed by atoms with Gasteiger partial charge in [0.05, 0.1) is 0 Å². The number of benzene rings is 1. The van der Waals surface area contributed by atoms with Crippen LogP contribution < -0.4 is 10.1 Å². The molecule has 18 heavy (non-hydrogen) atoms. The molecule has 0 radical (unpaired) electrons. The lowest BCUT2D eigenvalue weighted by atomic mass is 10.1. The Morgan fingerprint density at radius 1 is 1.28 bits per heavy atom. The van der Waals surface area contributed by atoms with Crippen molar-refractivity contribution in [1.29, 1.82) is 0 Å². The smallest absolute Gasteiger partial charge is 0.124 e. The number of nitrogens with zero attached hydrogens (tertiary/aromatic N) is 1. The molecule has 0 amide bonds. The quantitative estimate of drug-likeness (QED) is 0.837. The third-order valence-electron chi connectivity index (χ3n) is 3.68. The predicted molar refractivity (Wildman–Crippen MR) is 75.1 cm³/mol. The molecule has 1 aromatic rings. The van der Waals surface area contributed by atoms with Crippen LogP contribution in [0.15, 0.2) is 24.3 Å². The van der Waals surface area contributed by atoms with Crippen LogP contribution in [-0.2, 0) is 0 Å². The van der Waals surface area contributed by atoms with Crippen molar-refractivity contribution < 1.29 is 4.74 Å². The zero-order valence-corrected chi connectivity index (χ0v) is 11.5. The molecule has 1 saturated heterocycles. The highest BCUT2D eigenvalue weighted by atomic mass is 16.5. The average molecular weight is 248 g/mol. The number of nitrogens with one attached hydrogen (secondary N) is 1. The molecule has 100 valence electrons. The number of hydrogen-bond acceptors (Lipinski definition) is 3. The Kier molecular flexibility index (Phi) is 5.02. The topological polar surface area (TPSA) is 24.5 Å². The van der Waals surface area contributed by atoms with Crippen LogP contribution in [0.2, 0.25) is 0 Å². The maximum Gasteiger partial charge on any atom is 0.124 e. The number of hydrogen-bond donors (Lipinski definition) is 1. The van der Waals surface area contributed by atoms with E-state index in [4.69, 9.17) is 4.74 Å². The Morgan fingerprint density at radius 3 is 2.72 bits per heavy atom. The normalized spacial score (nSPS) is 17.9. The monoisotopic (exact) mass is 248 g/mol. The summed E-state index contributed by atoms with van der Waals surface area (Å²) in [5.41, 5.74) is 1.24.